The maximum atomic E-state index is 12.0. The molecule has 1 atom stereocenters. The topological polar surface area (TPSA) is 87.3 Å². The molecule has 6 heteroatoms. The van der Waals surface area contributed by atoms with E-state index in [4.69, 9.17) is 0 Å². The predicted molar refractivity (Wildman–Crippen MR) is 96.4 cm³/mol. The van der Waals surface area contributed by atoms with Crippen molar-refractivity contribution in [1.82, 2.24) is 10.6 Å². The molecule has 0 aliphatic heterocycles. The summed E-state index contributed by atoms with van der Waals surface area (Å²) in [7, 11) is 0. The van der Waals surface area contributed by atoms with Gasteiger partial charge in [-0.2, -0.15) is 0 Å². The molecule has 2 aromatic carbocycles. The molecule has 2 aromatic rings. The summed E-state index contributed by atoms with van der Waals surface area (Å²) in [5.74, 6) is -0.291. The van der Waals surface area contributed by atoms with E-state index in [1.807, 2.05) is 25.1 Å². The first-order valence-corrected chi connectivity index (χ1v) is 8.07. The third-order valence-electron chi connectivity index (χ3n) is 3.62. The van der Waals surface area contributed by atoms with Crippen LogP contribution in [0.25, 0.3) is 0 Å². The first kappa shape index (κ1) is 18.2. The van der Waals surface area contributed by atoms with E-state index in [0.717, 1.165) is 11.8 Å². The Balaban J connectivity index is 1.84. The van der Waals surface area contributed by atoms with Gasteiger partial charge >= 0.3 is 6.03 Å². The Morgan fingerprint density at radius 1 is 1.04 bits per heavy atom. The van der Waals surface area contributed by atoms with E-state index in [0.29, 0.717) is 24.2 Å². The van der Waals surface area contributed by atoms with Gasteiger partial charge in [0.1, 0.15) is 6.29 Å². The van der Waals surface area contributed by atoms with Gasteiger partial charge in [-0.25, -0.2) is 4.79 Å². The van der Waals surface area contributed by atoms with Crippen LogP contribution in [0.2, 0.25) is 0 Å². The Hall–Kier alpha value is -3.15. The molecule has 0 aliphatic rings. The van der Waals surface area contributed by atoms with Crippen molar-refractivity contribution in [3.63, 3.8) is 0 Å². The highest BCUT2D eigenvalue weighted by molar-refractivity contribution is 5.95. The van der Waals surface area contributed by atoms with Crippen molar-refractivity contribution in [3.8, 4) is 0 Å². The number of para-hydroxylation sites is 1. The number of anilines is 1. The fourth-order valence-electron chi connectivity index (χ4n) is 2.14. The van der Waals surface area contributed by atoms with Gasteiger partial charge in [0.25, 0.3) is 5.91 Å². The van der Waals surface area contributed by atoms with Gasteiger partial charge in [-0.15, -0.1) is 0 Å². The summed E-state index contributed by atoms with van der Waals surface area (Å²) >= 11 is 0. The van der Waals surface area contributed by atoms with Gasteiger partial charge in [-0.05, 0) is 36.2 Å². The summed E-state index contributed by atoms with van der Waals surface area (Å²) in [5.41, 5.74) is 2.05. The number of hydrogen-bond donors (Lipinski definition) is 3. The molecule has 0 fully saturated rings. The normalized spacial score (nSPS) is 11.2. The molecule has 0 saturated heterocycles. The van der Waals surface area contributed by atoms with E-state index >= 15 is 0 Å². The number of carbonyl (C=O) groups excluding carboxylic acids is 3. The molecular formula is C19H21N3O3. The van der Waals surface area contributed by atoms with E-state index in [9.17, 15) is 14.4 Å². The molecule has 2 rings (SSSR count). The van der Waals surface area contributed by atoms with E-state index in [-0.39, 0.29) is 11.9 Å². The molecule has 0 aromatic heterocycles. The molecule has 3 N–H and O–H groups in total. The highest BCUT2D eigenvalue weighted by Crippen LogP contribution is 2.07. The van der Waals surface area contributed by atoms with Gasteiger partial charge in [0.15, 0.2) is 0 Å². The first-order chi connectivity index (χ1) is 12.1. The number of carbonyl (C=O) groups is 3. The lowest BCUT2D eigenvalue weighted by Gasteiger charge is -2.11. The van der Waals surface area contributed by atoms with Crippen LogP contribution in [0.1, 0.15) is 29.3 Å². The molecule has 0 aliphatic carbocycles. The zero-order chi connectivity index (χ0) is 18.1. The second-order valence-corrected chi connectivity index (χ2v) is 5.49. The van der Waals surface area contributed by atoms with Crippen LogP contribution < -0.4 is 16.0 Å². The summed E-state index contributed by atoms with van der Waals surface area (Å²) < 4.78 is 0. The molecule has 6 nitrogen and oxygen atoms in total. The number of rotatable bonds is 7. The van der Waals surface area contributed by atoms with Crippen molar-refractivity contribution in [2.75, 3.05) is 5.32 Å². The molecular weight excluding hydrogens is 318 g/mol. The predicted octanol–water partition coefficient (Wildman–Crippen LogP) is 2.72. The molecule has 0 radical (unpaired) electrons. The van der Waals surface area contributed by atoms with Crippen LogP contribution in [0.3, 0.4) is 0 Å². The van der Waals surface area contributed by atoms with Crippen LogP contribution in [0, 0.1) is 0 Å². The zero-order valence-electron chi connectivity index (χ0n) is 14.0. The standard InChI is InChI=1S/C19H21N3O3/c1-2-16(13-23)21-18(24)15-10-8-14(9-11-15)12-20-19(25)22-17-6-4-3-5-7-17/h3-11,13,16H,2,12H2,1H3,(H,21,24)(H2,20,22,25). The van der Waals surface area contributed by atoms with Crippen molar-refractivity contribution >= 4 is 23.9 Å². The minimum absolute atomic E-state index is 0.291. The van der Waals surface area contributed by atoms with Gasteiger partial charge in [-0.1, -0.05) is 37.3 Å². The maximum Gasteiger partial charge on any atom is 0.319 e. The van der Waals surface area contributed by atoms with E-state index in [2.05, 4.69) is 16.0 Å². The molecule has 0 saturated carbocycles. The van der Waals surface area contributed by atoms with Crippen molar-refractivity contribution < 1.29 is 14.4 Å². The summed E-state index contributed by atoms with van der Waals surface area (Å²) in [6, 6.07) is 15.2. The fourth-order valence-corrected chi connectivity index (χ4v) is 2.14. The Morgan fingerprint density at radius 3 is 2.32 bits per heavy atom. The number of hydrogen-bond acceptors (Lipinski definition) is 3. The largest absolute Gasteiger partial charge is 0.343 e. The van der Waals surface area contributed by atoms with Crippen molar-refractivity contribution in [2.24, 2.45) is 0 Å². The average Bonchev–Trinajstić information content (AvgIpc) is 2.65. The van der Waals surface area contributed by atoms with Gasteiger partial charge in [0, 0.05) is 17.8 Å². The maximum absolute atomic E-state index is 12.0. The fraction of sp³-hybridized carbons (Fsp3) is 0.211. The zero-order valence-corrected chi connectivity index (χ0v) is 14.0. The summed E-state index contributed by atoms with van der Waals surface area (Å²) in [6.07, 6.45) is 1.27. The average molecular weight is 339 g/mol. The monoisotopic (exact) mass is 339 g/mol. The third-order valence-corrected chi connectivity index (χ3v) is 3.62. The molecule has 0 bridgehead atoms. The van der Waals surface area contributed by atoms with Crippen molar-refractivity contribution in [2.45, 2.75) is 25.9 Å². The quantitative estimate of drug-likeness (QED) is 0.678. The minimum atomic E-state index is -0.476. The van der Waals surface area contributed by atoms with Crippen LogP contribution in [-0.2, 0) is 11.3 Å². The number of amides is 3. The third kappa shape index (κ3) is 5.76. The van der Waals surface area contributed by atoms with E-state index < -0.39 is 6.04 Å². The number of aldehydes is 1. The van der Waals surface area contributed by atoms with Crippen LogP contribution >= 0.6 is 0 Å². The van der Waals surface area contributed by atoms with Gasteiger partial charge in [-0.3, -0.25) is 4.79 Å². The second kappa shape index (κ2) is 9.22. The Labute approximate surface area is 146 Å². The number of urea groups is 1. The highest BCUT2D eigenvalue weighted by atomic mass is 16.2. The van der Waals surface area contributed by atoms with Crippen LogP contribution in [0.5, 0.6) is 0 Å². The Kier molecular flexibility index (Phi) is 6.71. The Bertz CT molecular complexity index is 714. The smallest absolute Gasteiger partial charge is 0.319 e. The van der Waals surface area contributed by atoms with E-state index in [1.165, 1.54) is 0 Å². The second-order valence-electron chi connectivity index (χ2n) is 5.49. The SMILES string of the molecule is CCC(C=O)NC(=O)c1ccc(CNC(=O)Nc2ccccc2)cc1. The Morgan fingerprint density at radius 2 is 1.72 bits per heavy atom. The minimum Gasteiger partial charge on any atom is -0.343 e. The highest BCUT2D eigenvalue weighted by Gasteiger charge is 2.11. The molecule has 3 amide bonds. The lowest BCUT2D eigenvalue weighted by atomic mass is 10.1. The first-order valence-electron chi connectivity index (χ1n) is 8.07. The van der Waals surface area contributed by atoms with Gasteiger partial charge in [0.2, 0.25) is 0 Å². The molecule has 1 unspecified atom stereocenters. The lowest BCUT2D eigenvalue weighted by molar-refractivity contribution is -0.109. The summed E-state index contributed by atoms with van der Waals surface area (Å²) in [6.45, 7) is 2.17. The van der Waals surface area contributed by atoms with Crippen molar-refractivity contribution in [3.05, 3.63) is 65.7 Å². The molecule has 25 heavy (non-hydrogen) atoms. The summed E-state index contributed by atoms with van der Waals surface area (Å²) in [5, 5.41) is 8.12. The van der Waals surface area contributed by atoms with Gasteiger partial charge < -0.3 is 20.7 Å². The van der Waals surface area contributed by atoms with E-state index in [1.54, 1.807) is 36.4 Å². The van der Waals surface area contributed by atoms with Crippen LogP contribution in [-0.4, -0.2) is 24.3 Å². The molecule has 0 heterocycles. The van der Waals surface area contributed by atoms with Crippen LogP contribution in [0.4, 0.5) is 10.5 Å². The molecule has 130 valence electrons. The summed E-state index contributed by atoms with van der Waals surface area (Å²) in [4.78, 5) is 34.6. The van der Waals surface area contributed by atoms with Crippen molar-refractivity contribution in [1.29, 1.82) is 0 Å². The lowest BCUT2D eigenvalue weighted by Crippen LogP contribution is -2.35. The van der Waals surface area contributed by atoms with Crippen LogP contribution in [0.15, 0.2) is 54.6 Å². The molecule has 0 spiro atoms. The number of benzene rings is 2. The number of nitrogens with one attached hydrogen (secondary N) is 3. The van der Waals surface area contributed by atoms with Gasteiger partial charge in [0.05, 0.1) is 6.04 Å².